The molecule has 1 aliphatic heterocycles. The van der Waals surface area contributed by atoms with Gasteiger partial charge in [-0.3, -0.25) is 4.79 Å². The van der Waals surface area contributed by atoms with Gasteiger partial charge in [-0.2, -0.15) is 0 Å². The van der Waals surface area contributed by atoms with Gasteiger partial charge in [0.15, 0.2) is 0 Å². The van der Waals surface area contributed by atoms with E-state index in [1.54, 1.807) is 7.11 Å². The molecule has 1 aliphatic rings. The Hall–Kier alpha value is -1.43. The van der Waals surface area contributed by atoms with Gasteiger partial charge >= 0.3 is 0 Å². The molecule has 2 rings (SSSR count). The summed E-state index contributed by atoms with van der Waals surface area (Å²) in [5.74, 6) is 0.0548. The molecule has 0 aliphatic carbocycles. The quantitative estimate of drug-likeness (QED) is 0.716. The first-order chi connectivity index (χ1) is 11.2. The topological polar surface area (TPSA) is 67.6 Å². The minimum Gasteiger partial charge on any atom is -0.385 e. The maximum absolute atomic E-state index is 12.2. The van der Waals surface area contributed by atoms with E-state index in [0.29, 0.717) is 6.42 Å². The summed E-state index contributed by atoms with van der Waals surface area (Å²) in [5, 5.41) is 3.14. The predicted octanol–water partition coefficient (Wildman–Crippen LogP) is 1.69. The van der Waals surface area contributed by atoms with E-state index in [4.69, 9.17) is 10.5 Å². The average Bonchev–Trinajstić information content (AvgIpc) is 2.57. The molecule has 3 N–H and O–H groups in total. The Labute approximate surface area is 139 Å². The lowest BCUT2D eigenvalue weighted by molar-refractivity contribution is -0.122. The van der Waals surface area contributed by atoms with Gasteiger partial charge in [0.25, 0.3) is 0 Å². The van der Waals surface area contributed by atoms with Crippen LogP contribution in [0.15, 0.2) is 30.3 Å². The standard InChI is InChI=1S/C18H29N3O2/c1-23-13-5-10-21-11-8-16(9-12-21)20-18(22)14-17(19)15-6-3-2-4-7-15/h2-4,6-7,16-17H,5,8-14,19H2,1H3,(H,20,22). The minimum atomic E-state index is -0.231. The van der Waals surface area contributed by atoms with Crippen molar-refractivity contribution in [2.75, 3.05) is 33.4 Å². The summed E-state index contributed by atoms with van der Waals surface area (Å²) >= 11 is 0. The summed E-state index contributed by atoms with van der Waals surface area (Å²) in [5.41, 5.74) is 7.12. The number of likely N-dealkylation sites (tertiary alicyclic amines) is 1. The molecule has 1 amide bonds. The van der Waals surface area contributed by atoms with E-state index in [1.807, 2.05) is 30.3 Å². The summed E-state index contributed by atoms with van der Waals surface area (Å²) < 4.78 is 5.08. The van der Waals surface area contributed by atoms with Crippen LogP contribution in [0.25, 0.3) is 0 Å². The summed E-state index contributed by atoms with van der Waals surface area (Å²) in [4.78, 5) is 14.6. The number of rotatable bonds is 8. The number of nitrogens with two attached hydrogens (primary N) is 1. The van der Waals surface area contributed by atoms with Gasteiger partial charge in [0.2, 0.25) is 5.91 Å². The number of hydrogen-bond acceptors (Lipinski definition) is 4. The first kappa shape index (κ1) is 17.9. The van der Waals surface area contributed by atoms with Crippen molar-refractivity contribution in [3.63, 3.8) is 0 Å². The van der Waals surface area contributed by atoms with Crippen LogP contribution in [0.3, 0.4) is 0 Å². The van der Waals surface area contributed by atoms with Crippen molar-refractivity contribution in [2.24, 2.45) is 5.73 Å². The molecule has 23 heavy (non-hydrogen) atoms. The highest BCUT2D eigenvalue weighted by atomic mass is 16.5. The number of hydrogen-bond donors (Lipinski definition) is 2. The van der Waals surface area contributed by atoms with Crippen molar-refractivity contribution in [2.45, 2.75) is 37.8 Å². The lowest BCUT2D eigenvalue weighted by Crippen LogP contribution is -2.45. The Kier molecular flexibility index (Phi) is 7.52. The van der Waals surface area contributed by atoms with Crippen molar-refractivity contribution in [1.29, 1.82) is 0 Å². The number of ether oxygens (including phenoxy) is 1. The highest BCUT2D eigenvalue weighted by molar-refractivity contribution is 5.77. The molecule has 128 valence electrons. The second-order valence-corrected chi connectivity index (χ2v) is 6.25. The van der Waals surface area contributed by atoms with Crippen molar-refractivity contribution >= 4 is 5.91 Å². The van der Waals surface area contributed by atoms with Crippen LogP contribution in [0.5, 0.6) is 0 Å². The van der Waals surface area contributed by atoms with Crippen LogP contribution in [0.4, 0.5) is 0 Å². The third-order valence-electron chi connectivity index (χ3n) is 4.41. The molecule has 1 atom stereocenters. The zero-order valence-electron chi connectivity index (χ0n) is 14.0. The maximum atomic E-state index is 12.2. The van der Waals surface area contributed by atoms with Crippen LogP contribution < -0.4 is 11.1 Å². The Balaban J connectivity index is 1.66. The minimum absolute atomic E-state index is 0.0548. The maximum Gasteiger partial charge on any atom is 0.222 e. The van der Waals surface area contributed by atoms with Crippen LogP contribution in [0, 0.1) is 0 Å². The largest absolute Gasteiger partial charge is 0.385 e. The molecule has 0 spiro atoms. The fourth-order valence-electron chi connectivity index (χ4n) is 3.04. The second-order valence-electron chi connectivity index (χ2n) is 6.25. The number of methoxy groups -OCH3 is 1. The Bertz CT molecular complexity index is 459. The van der Waals surface area contributed by atoms with E-state index < -0.39 is 0 Å². The average molecular weight is 319 g/mol. The fourth-order valence-corrected chi connectivity index (χ4v) is 3.04. The fraction of sp³-hybridized carbons (Fsp3) is 0.611. The zero-order valence-corrected chi connectivity index (χ0v) is 14.0. The van der Waals surface area contributed by atoms with Gasteiger partial charge in [-0.15, -0.1) is 0 Å². The van der Waals surface area contributed by atoms with Crippen LogP contribution in [0.1, 0.15) is 37.3 Å². The first-order valence-corrected chi connectivity index (χ1v) is 8.50. The van der Waals surface area contributed by atoms with Crippen molar-refractivity contribution in [3.8, 4) is 0 Å². The molecule has 1 aromatic carbocycles. The summed E-state index contributed by atoms with van der Waals surface area (Å²) in [6.45, 7) is 3.97. The van der Waals surface area contributed by atoms with Crippen LogP contribution in [0.2, 0.25) is 0 Å². The summed E-state index contributed by atoms with van der Waals surface area (Å²) in [7, 11) is 1.74. The Morgan fingerprint density at radius 3 is 2.70 bits per heavy atom. The molecule has 1 fully saturated rings. The molecule has 1 unspecified atom stereocenters. The molecule has 1 saturated heterocycles. The number of nitrogens with zero attached hydrogens (tertiary/aromatic N) is 1. The van der Waals surface area contributed by atoms with Crippen LogP contribution >= 0.6 is 0 Å². The predicted molar refractivity (Wildman–Crippen MR) is 92.1 cm³/mol. The Morgan fingerprint density at radius 1 is 1.35 bits per heavy atom. The summed E-state index contributed by atoms with van der Waals surface area (Å²) in [6.07, 6.45) is 3.44. The molecule has 0 radical (unpaired) electrons. The summed E-state index contributed by atoms with van der Waals surface area (Å²) in [6, 6.07) is 9.84. The van der Waals surface area contributed by atoms with Gasteiger partial charge in [0, 0.05) is 51.9 Å². The number of nitrogens with one attached hydrogen (secondary N) is 1. The highest BCUT2D eigenvalue weighted by Crippen LogP contribution is 2.15. The zero-order chi connectivity index (χ0) is 16.5. The molecule has 1 aromatic rings. The number of carbonyl (C=O) groups excluding carboxylic acids is 1. The van der Waals surface area contributed by atoms with Crippen molar-refractivity contribution < 1.29 is 9.53 Å². The van der Waals surface area contributed by atoms with Gasteiger partial charge < -0.3 is 20.7 Å². The smallest absolute Gasteiger partial charge is 0.222 e. The van der Waals surface area contributed by atoms with Gasteiger partial charge in [-0.1, -0.05) is 30.3 Å². The molecule has 0 aromatic heterocycles. The van der Waals surface area contributed by atoms with Gasteiger partial charge in [0.1, 0.15) is 0 Å². The van der Waals surface area contributed by atoms with E-state index >= 15 is 0 Å². The van der Waals surface area contributed by atoms with E-state index in [-0.39, 0.29) is 18.0 Å². The molecule has 0 bridgehead atoms. The second kappa shape index (κ2) is 9.65. The molecule has 1 heterocycles. The van der Waals surface area contributed by atoms with E-state index in [9.17, 15) is 4.79 Å². The Morgan fingerprint density at radius 2 is 2.04 bits per heavy atom. The highest BCUT2D eigenvalue weighted by Gasteiger charge is 2.21. The number of amides is 1. The number of benzene rings is 1. The van der Waals surface area contributed by atoms with Crippen LogP contribution in [-0.2, 0) is 9.53 Å². The van der Waals surface area contributed by atoms with Gasteiger partial charge in [-0.05, 0) is 24.8 Å². The third kappa shape index (κ3) is 6.29. The molecular weight excluding hydrogens is 290 g/mol. The lowest BCUT2D eigenvalue weighted by atomic mass is 10.0. The first-order valence-electron chi connectivity index (χ1n) is 8.50. The normalized spacial score (nSPS) is 17.8. The van der Waals surface area contributed by atoms with Gasteiger partial charge in [0.05, 0.1) is 0 Å². The van der Waals surface area contributed by atoms with Crippen molar-refractivity contribution in [1.82, 2.24) is 10.2 Å². The van der Waals surface area contributed by atoms with Crippen molar-refractivity contribution in [3.05, 3.63) is 35.9 Å². The number of piperidine rings is 1. The van der Waals surface area contributed by atoms with E-state index in [0.717, 1.165) is 51.1 Å². The van der Waals surface area contributed by atoms with E-state index in [2.05, 4.69) is 10.2 Å². The monoisotopic (exact) mass is 319 g/mol. The molecule has 5 heteroatoms. The molecule has 0 saturated carbocycles. The molecule has 5 nitrogen and oxygen atoms in total. The van der Waals surface area contributed by atoms with E-state index in [1.165, 1.54) is 0 Å². The van der Waals surface area contributed by atoms with Crippen LogP contribution in [-0.4, -0.2) is 50.2 Å². The lowest BCUT2D eigenvalue weighted by Gasteiger charge is -2.32. The number of carbonyl (C=O) groups is 1. The third-order valence-corrected chi connectivity index (χ3v) is 4.41. The SMILES string of the molecule is COCCCN1CCC(NC(=O)CC(N)c2ccccc2)CC1. The van der Waals surface area contributed by atoms with Gasteiger partial charge in [-0.25, -0.2) is 0 Å². The molecular formula is C18H29N3O2.